The van der Waals surface area contributed by atoms with Crippen molar-refractivity contribution in [3.05, 3.63) is 70.8 Å². The fourth-order valence-corrected chi connectivity index (χ4v) is 13.7. The summed E-state index contributed by atoms with van der Waals surface area (Å²) in [5.74, 6) is 19.7. The van der Waals surface area contributed by atoms with Gasteiger partial charge in [-0.05, 0) is 275 Å². The smallest absolute Gasteiger partial charge is 0.108 e. The lowest BCUT2D eigenvalue weighted by Gasteiger charge is -2.64. The average Bonchev–Trinajstić information content (AvgIpc) is 1.68. The minimum absolute atomic E-state index is 0.0694. The molecule has 664 valence electrons. The molecule has 1 spiro atoms. The van der Waals surface area contributed by atoms with E-state index in [0.717, 1.165) is 124 Å². The number of hydrogen-bond donors (Lipinski definition) is 0. The maximum atomic E-state index is 12.8. The molecule has 2 heterocycles. The van der Waals surface area contributed by atoms with E-state index in [1.807, 2.05) is 74.8 Å². The van der Waals surface area contributed by atoms with Crippen LogP contribution < -0.4 is 0 Å². The second kappa shape index (κ2) is 56.4. The Kier molecular flexibility index (Phi) is 58.0. The van der Waals surface area contributed by atoms with Crippen molar-refractivity contribution < 1.29 is 4.39 Å². The number of rotatable bonds is 19. The zero-order valence-electron chi connectivity index (χ0n) is 84.5. The summed E-state index contributed by atoms with van der Waals surface area (Å²) in [4.78, 5) is 0. The van der Waals surface area contributed by atoms with E-state index in [-0.39, 0.29) is 10.8 Å². The second-order valence-corrected chi connectivity index (χ2v) is 43.8. The SMILES string of the molecule is C#CC(C)(C)C(C)C.CC.CC(C)C(C)(C#N)C(C)C.CC(C)C(C)C.CC(C)C(C)c1ccnn1C.CC(C)C1(C)CCC1.CC(C)C12CC(C1)C2.CC(C)C1CC(C)(F)C1.CC(C)C1CC12CC2.CC(C)C1CCC1.CC(C)Cc1cccc(Cl)c1.CC(C)Cc1ccnn1C.CCC(C)(C)C(C)C.CCC(C)C(C)C. The maximum Gasteiger partial charge on any atom is 0.108 e. The Bertz CT molecular complexity index is 2810. The number of terminal acetylenes is 1. The lowest BCUT2D eigenvalue weighted by atomic mass is 9.41. The molecule has 0 amide bonds. The van der Waals surface area contributed by atoms with Gasteiger partial charge in [0.15, 0.2) is 0 Å². The molecule has 5 nitrogen and oxygen atoms in total. The number of nitriles is 1. The number of halogens is 2. The van der Waals surface area contributed by atoms with Crippen molar-refractivity contribution in [2.24, 2.45) is 165 Å². The third-order valence-corrected chi connectivity index (χ3v) is 29.2. The molecule has 113 heavy (non-hydrogen) atoms. The van der Waals surface area contributed by atoms with Crippen LogP contribution >= 0.6 is 11.6 Å². The predicted octanol–water partition coefficient (Wildman–Crippen LogP) is 34.5. The number of aryl methyl sites for hydroxylation is 2. The number of nitrogens with zero attached hydrogens (tertiary/aromatic N) is 5. The highest BCUT2D eigenvalue weighted by Gasteiger charge is 2.63. The first-order valence-electron chi connectivity index (χ1n) is 47.0. The molecule has 11 rings (SSSR count). The number of alkyl halides is 1. The largest absolute Gasteiger partial charge is 0.273 e. The monoisotopic (exact) mass is 1600 g/mol. The molecule has 8 saturated carbocycles. The van der Waals surface area contributed by atoms with Gasteiger partial charge >= 0.3 is 0 Å². The first-order valence-corrected chi connectivity index (χ1v) is 47.4. The van der Waals surface area contributed by atoms with Crippen molar-refractivity contribution in [2.45, 2.75) is 425 Å². The molecule has 0 N–H and O–H groups in total. The zero-order valence-corrected chi connectivity index (χ0v) is 85.3. The van der Waals surface area contributed by atoms with E-state index in [4.69, 9.17) is 23.3 Å². The molecule has 7 heteroatoms. The average molecular weight is 1600 g/mol. The van der Waals surface area contributed by atoms with E-state index >= 15 is 0 Å². The van der Waals surface area contributed by atoms with Crippen LogP contribution in [0.5, 0.6) is 0 Å². The van der Waals surface area contributed by atoms with Crippen LogP contribution in [0, 0.1) is 175 Å². The topological polar surface area (TPSA) is 59.4 Å². The van der Waals surface area contributed by atoms with Crippen molar-refractivity contribution in [3.63, 3.8) is 0 Å². The first-order chi connectivity index (χ1) is 51.7. The quantitative estimate of drug-likeness (QED) is 0.112. The minimum Gasteiger partial charge on any atom is -0.273 e. The molecule has 3 aromatic rings. The van der Waals surface area contributed by atoms with Gasteiger partial charge in [0.25, 0.3) is 0 Å². The molecule has 0 aliphatic heterocycles. The Morgan fingerprint density at radius 1 is 0.549 bits per heavy atom. The molecule has 8 fully saturated rings. The Balaban J connectivity index is -0.000000570. The Labute approximate surface area is 715 Å². The minimum atomic E-state index is -0.824. The summed E-state index contributed by atoms with van der Waals surface area (Å²) in [5, 5.41) is 17.9. The Hall–Kier alpha value is -3.09. The summed E-state index contributed by atoms with van der Waals surface area (Å²) in [6.45, 7) is 95.1. The molecule has 8 aliphatic rings. The summed E-state index contributed by atoms with van der Waals surface area (Å²) in [6.07, 6.45) is 33.6. The van der Waals surface area contributed by atoms with Crippen LogP contribution in [0.2, 0.25) is 5.02 Å². The van der Waals surface area contributed by atoms with E-state index in [1.165, 1.54) is 68.3 Å². The highest BCUT2D eigenvalue weighted by atomic mass is 35.5. The molecule has 3 atom stereocenters. The van der Waals surface area contributed by atoms with E-state index in [2.05, 4.69) is 310 Å². The van der Waals surface area contributed by atoms with Crippen molar-refractivity contribution in [1.29, 1.82) is 5.26 Å². The summed E-state index contributed by atoms with van der Waals surface area (Å²) < 4.78 is 16.7. The van der Waals surface area contributed by atoms with Gasteiger partial charge in [-0.2, -0.15) is 15.5 Å². The van der Waals surface area contributed by atoms with Gasteiger partial charge in [-0.3, -0.25) is 9.36 Å². The third-order valence-electron chi connectivity index (χ3n) is 29.0. The van der Waals surface area contributed by atoms with Gasteiger partial charge in [-0.25, -0.2) is 4.39 Å². The van der Waals surface area contributed by atoms with Crippen LogP contribution in [0.1, 0.15) is 423 Å². The van der Waals surface area contributed by atoms with Gasteiger partial charge in [0.05, 0.1) is 11.5 Å². The Morgan fingerprint density at radius 2 is 1.01 bits per heavy atom. The molecular weight excluding hydrogens is 1400 g/mol. The predicted molar refractivity (Wildman–Crippen MR) is 509 cm³/mol. The summed E-state index contributed by atoms with van der Waals surface area (Å²) in [5.41, 5.74) is 6.12. The summed E-state index contributed by atoms with van der Waals surface area (Å²) in [6, 6.07) is 14.6. The van der Waals surface area contributed by atoms with Gasteiger partial charge < -0.3 is 0 Å². The van der Waals surface area contributed by atoms with Crippen LogP contribution in [0.15, 0.2) is 48.8 Å². The fourth-order valence-electron chi connectivity index (χ4n) is 13.5. The van der Waals surface area contributed by atoms with E-state index < -0.39 is 5.67 Å². The second-order valence-electron chi connectivity index (χ2n) is 43.4. The standard InChI is InChI=1S/C10H13Cl.C9H16N2.C9H17N.C8H15F.C8H14N2.2C8H14.C8H16.C8H18.C8H14.C7H14.C7H16.C6H14.C2H6/c1-8(2)6-9-4-3-5-10(11)7-9;1-7(2)8(3)9-5-6-10-11(9)4;1-7(2)9(5,6-10)8(3)4;1-6(2)7-4-8(3,9)5-7;1-7(2)6-8-4-5-9-10(8)3;1-6(2)8-3-7(4-8)5-8;1-6(2)7-5-8(7)3-4-8;1-7(2)8(3)5-4-6-8;2*1-6-8(4,5)7(2)3;1-6(2)7-4-3-5-7;1-5-7(4)6(2)3;1-5(2)6(3)4;1-2/h3-5,7-8H,6H2,1-2H3;5-8H,1-4H3;7-8H,1-5H3;6-7H,4-5H2,1-3H3;4-5,7H,6H2,1-3H3;2*6-7H,3-5H2,1-2H3;7H,4-6H2,1-3H3;7H,6H2,1-5H3;1,7H,2-5H3;6-7H,3-5H2,1-2H3;6-7H,5H2,1-4H3;5-6H,1-4H3;1-2H3. The van der Waals surface area contributed by atoms with Crippen molar-refractivity contribution in [3.8, 4) is 18.4 Å². The van der Waals surface area contributed by atoms with Gasteiger partial charge in [0, 0.05) is 54.2 Å². The van der Waals surface area contributed by atoms with Gasteiger partial charge in [0.2, 0.25) is 0 Å². The van der Waals surface area contributed by atoms with Crippen LogP contribution in [0.25, 0.3) is 0 Å². The normalized spacial score (nSPS) is 20.7. The molecule has 3 unspecified atom stereocenters. The number of aromatic nitrogens is 4. The van der Waals surface area contributed by atoms with Crippen molar-refractivity contribution in [1.82, 2.24) is 19.6 Å². The van der Waals surface area contributed by atoms with E-state index in [9.17, 15) is 4.39 Å². The molecule has 2 bridgehead atoms. The first kappa shape index (κ1) is 116. The van der Waals surface area contributed by atoms with Gasteiger partial charge in [-0.1, -0.05) is 332 Å². The molecule has 2 aromatic heterocycles. The Morgan fingerprint density at radius 3 is 1.15 bits per heavy atom. The zero-order chi connectivity index (χ0) is 89.3. The molecule has 0 radical (unpaired) electrons. The molecular formula is C106H201ClFN5. The molecule has 1 aromatic carbocycles. The van der Waals surface area contributed by atoms with Crippen LogP contribution in [0.3, 0.4) is 0 Å². The van der Waals surface area contributed by atoms with E-state index in [0.29, 0.717) is 52.8 Å². The maximum absolute atomic E-state index is 12.8. The lowest BCUT2D eigenvalue weighted by molar-refractivity contribution is -0.141. The third kappa shape index (κ3) is 46.9. The van der Waals surface area contributed by atoms with Crippen molar-refractivity contribution in [2.75, 3.05) is 0 Å². The van der Waals surface area contributed by atoms with Crippen LogP contribution in [0.4, 0.5) is 4.39 Å². The van der Waals surface area contributed by atoms with Gasteiger partial charge in [0.1, 0.15) is 5.67 Å². The lowest BCUT2D eigenvalue weighted by Crippen LogP contribution is -2.54. The molecule has 0 saturated heterocycles. The number of benzene rings is 1. The summed E-state index contributed by atoms with van der Waals surface area (Å²) in [7, 11) is 3.98. The van der Waals surface area contributed by atoms with Gasteiger partial charge in [-0.15, -0.1) is 12.3 Å². The number of hydrogen-bond acceptors (Lipinski definition) is 3. The summed E-state index contributed by atoms with van der Waals surface area (Å²) >= 11 is 5.83. The van der Waals surface area contributed by atoms with Crippen LogP contribution in [-0.2, 0) is 26.9 Å². The van der Waals surface area contributed by atoms with Crippen LogP contribution in [-0.4, -0.2) is 25.2 Å². The highest BCUT2D eigenvalue weighted by Crippen LogP contribution is 2.72. The molecule has 8 aliphatic carbocycles. The van der Waals surface area contributed by atoms with Crippen molar-refractivity contribution >= 4 is 11.6 Å². The highest BCUT2D eigenvalue weighted by molar-refractivity contribution is 6.30. The van der Waals surface area contributed by atoms with E-state index in [1.54, 1.807) is 45.4 Å². The fraction of sp³-hybridized carbons (Fsp3) is 0.858.